The number of nitrogens with one attached hydrogen (secondary N) is 1. The second kappa shape index (κ2) is 8.74. The van der Waals surface area contributed by atoms with Gasteiger partial charge < -0.3 is 14.6 Å². The maximum atomic E-state index is 12.7. The minimum Gasteiger partial charge on any atom is -0.383 e. The number of methoxy groups -OCH3 is 1. The third kappa shape index (κ3) is 4.77. The molecule has 0 saturated heterocycles. The van der Waals surface area contributed by atoms with Gasteiger partial charge in [-0.3, -0.25) is 4.79 Å². The summed E-state index contributed by atoms with van der Waals surface area (Å²) in [5.41, 5.74) is 2.87. The van der Waals surface area contributed by atoms with Crippen LogP contribution in [0.5, 0.6) is 0 Å². The summed E-state index contributed by atoms with van der Waals surface area (Å²) in [6, 6.07) is 5.53. The number of thioether (sulfide) groups is 1. The smallest absolute Gasteiger partial charge is 0.237 e. The Hall–Kier alpha value is -1.50. The van der Waals surface area contributed by atoms with Crippen molar-refractivity contribution in [3.05, 3.63) is 35.0 Å². The van der Waals surface area contributed by atoms with Crippen molar-refractivity contribution in [1.82, 2.24) is 14.9 Å². The van der Waals surface area contributed by atoms with E-state index in [9.17, 15) is 4.79 Å². The summed E-state index contributed by atoms with van der Waals surface area (Å²) in [6.07, 6.45) is 6.53. The zero-order chi connectivity index (χ0) is 17.6. The molecule has 1 aliphatic carbocycles. The lowest BCUT2D eigenvalue weighted by molar-refractivity contribution is -0.127. The molecule has 0 aliphatic heterocycles. The number of amides is 1. The van der Waals surface area contributed by atoms with Crippen LogP contribution in [-0.4, -0.2) is 46.8 Å². The van der Waals surface area contributed by atoms with Gasteiger partial charge in [0, 0.05) is 24.4 Å². The van der Waals surface area contributed by atoms with Crippen molar-refractivity contribution in [3.8, 4) is 0 Å². The predicted molar refractivity (Wildman–Crippen MR) is 102 cm³/mol. The van der Waals surface area contributed by atoms with Crippen LogP contribution in [0, 0.1) is 0 Å². The Bertz CT molecular complexity index is 775. The number of aromatic amines is 1. The number of hydrogen-bond donors (Lipinski definition) is 1. The molecule has 0 atom stereocenters. The van der Waals surface area contributed by atoms with E-state index in [4.69, 9.17) is 16.3 Å². The van der Waals surface area contributed by atoms with E-state index in [1.54, 1.807) is 7.11 Å². The van der Waals surface area contributed by atoms with Crippen LogP contribution in [-0.2, 0) is 9.53 Å². The predicted octanol–water partition coefficient (Wildman–Crippen LogP) is 4.24. The highest BCUT2D eigenvalue weighted by Crippen LogP contribution is 2.25. The lowest BCUT2D eigenvalue weighted by Crippen LogP contribution is -2.35. The average molecular weight is 380 g/mol. The first-order valence-corrected chi connectivity index (χ1v) is 9.80. The van der Waals surface area contributed by atoms with E-state index in [-0.39, 0.29) is 5.91 Å². The summed E-state index contributed by atoms with van der Waals surface area (Å²) in [6.45, 7) is 1.13. The van der Waals surface area contributed by atoms with Gasteiger partial charge in [-0.05, 0) is 43.9 Å². The summed E-state index contributed by atoms with van der Waals surface area (Å²) >= 11 is 7.41. The topological polar surface area (TPSA) is 58.2 Å². The van der Waals surface area contributed by atoms with Gasteiger partial charge in [-0.15, -0.1) is 0 Å². The molecule has 0 radical (unpaired) electrons. The quantitative estimate of drug-likeness (QED) is 0.731. The molecule has 25 heavy (non-hydrogen) atoms. The van der Waals surface area contributed by atoms with E-state index in [2.05, 4.69) is 16.0 Å². The highest BCUT2D eigenvalue weighted by Gasteiger charge is 2.20. The van der Waals surface area contributed by atoms with Crippen molar-refractivity contribution in [2.24, 2.45) is 0 Å². The molecule has 7 heteroatoms. The number of H-pyrrole nitrogens is 1. The number of ether oxygens (including phenoxy) is 1. The van der Waals surface area contributed by atoms with Crippen molar-refractivity contribution in [1.29, 1.82) is 0 Å². The molecular formula is C18H22ClN3O2S. The first-order valence-electron chi connectivity index (χ1n) is 8.44. The molecule has 0 unspecified atom stereocenters. The molecule has 1 amide bonds. The monoisotopic (exact) mass is 379 g/mol. The largest absolute Gasteiger partial charge is 0.383 e. The van der Waals surface area contributed by atoms with Gasteiger partial charge in [-0.25, -0.2) is 4.98 Å². The molecule has 1 aromatic heterocycles. The number of aromatic nitrogens is 2. The van der Waals surface area contributed by atoms with Gasteiger partial charge in [0.15, 0.2) is 5.16 Å². The van der Waals surface area contributed by atoms with Crippen LogP contribution in [0.1, 0.15) is 25.7 Å². The van der Waals surface area contributed by atoms with Crippen molar-refractivity contribution < 1.29 is 9.53 Å². The minimum atomic E-state index is 0.0914. The Morgan fingerprint density at radius 3 is 3.08 bits per heavy atom. The second-order valence-electron chi connectivity index (χ2n) is 5.97. The molecule has 0 bridgehead atoms. The van der Waals surface area contributed by atoms with Gasteiger partial charge in [0.1, 0.15) is 0 Å². The van der Waals surface area contributed by atoms with Crippen LogP contribution < -0.4 is 0 Å². The Kier molecular flexibility index (Phi) is 6.39. The molecule has 1 aliphatic rings. The fourth-order valence-electron chi connectivity index (χ4n) is 2.91. The van der Waals surface area contributed by atoms with Crippen molar-refractivity contribution >= 4 is 40.3 Å². The first-order chi connectivity index (χ1) is 12.2. The second-order valence-corrected chi connectivity index (χ2v) is 7.37. The molecular weight excluding hydrogens is 358 g/mol. The van der Waals surface area contributed by atoms with E-state index < -0.39 is 0 Å². The number of imidazole rings is 1. The molecule has 1 N–H and O–H groups in total. The Morgan fingerprint density at radius 1 is 1.44 bits per heavy atom. The molecule has 1 aromatic carbocycles. The lowest BCUT2D eigenvalue weighted by Gasteiger charge is -2.27. The molecule has 134 valence electrons. The van der Waals surface area contributed by atoms with Crippen molar-refractivity contribution in [2.75, 3.05) is 26.0 Å². The Morgan fingerprint density at radius 2 is 2.32 bits per heavy atom. The number of fused-ring (bicyclic) bond motifs is 1. The van der Waals surface area contributed by atoms with E-state index >= 15 is 0 Å². The third-order valence-electron chi connectivity index (χ3n) is 4.19. The number of rotatable bonds is 7. The average Bonchev–Trinajstić information content (AvgIpc) is 3.03. The van der Waals surface area contributed by atoms with Crippen LogP contribution in [0.25, 0.3) is 11.0 Å². The molecule has 0 fully saturated rings. The van der Waals surface area contributed by atoms with Crippen LogP contribution >= 0.6 is 23.4 Å². The number of allylic oxidation sites excluding steroid dienone is 2. The van der Waals surface area contributed by atoms with Crippen LogP contribution in [0.2, 0.25) is 5.02 Å². The standard InChI is InChI=1S/C18H22ClN3O2S/c1-24-10-9-22(14-5-3-2-4-6-14)17(23)12-25-18-20-15-8-7-13(19)11-16(15)21-18/h5,7-8,11H,2-4,6,9-10,12H2,1H3,(H,20,21). The number of carbonyl (C=O) groups is 1. The zero-order valence-electron chi connectivity index (χ0n) is 14.3. The molecule has 0 saturated carbocycles. The Labute approximate surface area is 156 Å². The fourth-order valence-corrected chi connectivity index (χ4v) is 3.85. The van der Waals surface area contributed by atoms with Gasteiger partial charge in [0.05, 0.1) is 23.4 Å². The number of hydrogen-bond acceptors (Lipinski definition) is 4. The lowest BCUT2D eigenvalue weighted by atomic mass is 10.0. The highest BCUT2D eigenvalue weighted by atomic mass is 35.5. The van der Waals surface area contributed by atoms with E-state index in [0.717, 1.165) is 41.1 Å². The van der Waals surface area contributed by atoms with E-state index in [0.29, 0.717) is 23.9 Å². The number of halogens is 1. The maximum Gasteiger partial charge on any atom is 0.237 e. The molecule has 3 rings (SSSR count). The van der Waals surface area contributed by atoms with Gasteiger partial charge in [-0.2, -0.15) is 0 Å². The highest BCUT2D eigenvalue weighted by molar-refractivity contribution is 7.99. The maximum absolute atomic E-state index is 12.7. The van der Waals surface area contributed by atoms with Crippen molar-refractivity contribution in [2.45, 2.75) is 30.8 Å². The minimum absolute atomic E-state index is 0.0914. The van der Waals surface area contributed by atoms with Crippen LogP contribution in [0.3, 0.4) is 0 Å². The van der Waals surface area contributed by atoms with E-state index in [1.165, 1.54) is 18.2 Å². The fraction of sp³-hybridized carbons (Fsp3) is 0.444. The summed E-state index contributed by atoms with van der Waals surface area (Å²) < 4.78 is 5.17. The zero-order valence-corrected chi connectivity index (χ0v) is 15.8. The van der Waals surface area contributed by atoms with Gasteiger partial charge in [-0.1, -0.05) is 29.4 Å². The molecule has 5 nitrogen and oxygen atoms in total. The third-order valence-corrected chi connectivity index (χ3v) is 5.28. The number of nitrogens with zero attached hydrogens (tertiary/aromatic N) is 2. The molecule has 0 spiro atoms. The summed E-state index contributed by atoms with van der Waals surface area (Å²) in [4.78, 5) is 22.3. The SMILES string of the molecule is COCCN(C(=O)CSc1nc2ccc(Cl)cc2[nH]1)C1=CCCCC1. The summed E-state index contributed by atoms with van der Waals surface area (Å²) in [5, 5.41) is 1.40. The molecule has 1 heterocycles. The van der Waals surface area contributed by atoms with Gasteiger partial charge in [0.2, 0.25) is 5.91 Å². The summed E-state index contributed by atoms with van der Waals surface area (Å²) in [5.74, 6) is 0.433. The number of benzene rings is 1. The summed E-state index contributed by atoms with van der Waals surface area (Å²) in [7, 11) is 1.66. The van der Waals surface area contributed by atoms with Crippen LogP contribution in [0.4, 0.5) is 0 Å². The van der Waals surface area contributed by atoms with Gasteiger partial charge in [0.25, 0.3) is 0 Å². The normalized spacial score (nSPS) is 14.6. The number of carbonyl (C=O) groups excluding carboxylic acids is 1. The van der Waals surface area contributed by atoms with E-state index in [1.807, 2.05) is 23.1 Å². The van der Waals surface area contributed by atoms with Crippen LogP contribution in [0.15, 0.2) is 35.1 Å². The van der Waals surface area contributed by atoms with Crippen molar-refractivity contribution in [3.63, 3.8) is 0 Å². The van der Waals surface area contributed by atoms with Gasteiger partial charge >= 0.3 is 0 Å². The Balaban J connectivity index is 1.66. The molecule has 2 aromatic rings. The first kappa shape index (κ1) is 18.3.